The molecule has 0 unspecified atom stereocenters. The van der Waals surface area contributed by atoms with Gasteiger partial charge in [-0.1, -0.05) is 32.4 Å². The van der Waals surface area contributed by atoms with E-state index in [0.29, 0.717) is 16.0 Å². The van der Waals surface area contributed by atoms with Gasteiger partial charge in [-0.3, -0.25) is 10.2 Å². The molecular formula is C18H23ClN2O2. The highest BCUT2D eigenvalue weighted by Crippen LogP contribution is 2.27. The summed E-state index contributed by atoms with van der Waals surface area (Å²) in [5.41, 5.74) is 0.294. The van der Waals surface area contributed by atoms with Crippen molar-refractivity contribution in [1.82, 2.24) is 5.32 Å². The molecule has 0 fully saturated rings. The summed E-state index contributed by atoms with van der Waals surface area (Å²) < 4.78 is 5.43. The van der Waals surface area contributed by atoms with Crippen LogP contribution in [-0.2, 0) is 0 Å². The molecule has 0 spiro atoms. The molecule has 4 nitrogen and oxygen atoms in total. The van der Waals surface area contributed by atoms with E-state index in [0.717, 1.165) is 6.42 Å². The molecule has 1 amide bonds. The Morgan fingerprint density at radius 3 is 2.48 bits per heavy atom. The van der Waals surface area contributed by atoms with Gasteiger partial charge < -0.3 is 9.73 Å². The fraction of sp³-hybridized carbons (Fsp3) is 0.444. The summed E-state index contributed by atoms with van der Waals surface area (Å²) in [6, 6.07) is 6.76. The Labute approximate surface area is 141 Å². The fourth-order valence-electron chi connectivity index (χ4n) is 3.02. The van der Waals surface area contributed by atoms with E-state index in [2.05, 4.69) is 26.1 Å². The van der Waals surface area contributed by atoms with Gasteiger partial charge in [0.05, 0.1) is 0 Å². The first kappa shape index (κ1) is 17.5. The van der Waals surface area contributed by atoms with E-state index in [4.69, 9.17) is 21.4 Å². The number of carbonyl (C=O) groups is 1. The van der Waals surface area contributed by atoms with Gasteiger partial charge in [-0.25, -0.2) is 0 Å². The number of carbonyl (C=O) groups excluding carboxylic acids is 1. The van der Waals surface area contributed by atoms with Crippen molar-refractivity contribution in [1.29, 1.82) is 5.41 Å². The molecule has 23 heavy (non-hydrogen) atoms. The number of fused-ring (bicyclic) bond motifs is 1. The van der Waals surface area contributed by atoms with E-state index in [1.54, 1.807) is 24.3 Å². The maximum absolute atomic E-state index is 12.6. The largest absolute Gasteiger partial charge is 0.438 e. The lowest BCUT2D eigenvalue weighted by atomic mass is 9.81. The normalized spacial score (nSPS) is 12.4. The topological polar surface area (TPSA) is 66.1 Å². The average molecular weight is 335 g/mol. The molecule has 0 aliphatic rings. The molecule has 2 N–H and O–H groups in total. The number of hydrogen-bond donors (Lipinski definition) is 2. The van der Waals surface area contributed by atoms with Crippen LogP contribution in [0.25, 0.3) is 11.0 Å². The molecule has 5 heteroatoms. The Morgan fingerprint density at radius 1 is 1.22 bits per heavy atom. The lowest BCUT2D eigenvalue weighted by Crippen LogP contribution is -2.46. The zero-order valence-corrected chi connectivity index (χ0v) is 15.0. The highest BCUT2D eigenvalue weighted by Gasteiger charge is 2.28. The summed E-state index contributed by atoms with van der Waals surface area (Å²) >= 11 is 5.98. The van der Waals surface area contributed by atoms with Crippen molar-refractivity contribution in [2.45, 2.75) is 46.6 Å². The maximum Gasteiger partial charge on any atom is 0.257 e. The Balaban J connectivity index is 2.34. The Hall–Kier alpha value is -1.81. The SMILES string of the molecule is CC(C)(C)CC(C)(C)NC(=O)c1cc2cc(Cl)ccc2oc1=N. The molecule has 0 bridgehead atoms. The molecule has 2 aromatic rings. The van der Waals surface area contributed by atoms with Gasteiger partial charge in [0.2, 0.25) is 5.55 Å². The van der Waals surface area contributed by atoms with Crippen molar-refractivity contribution in [3.63, 3.8) is 0 Å². The van der Waals surface area contributed by atoms with E-state index >= 15 is 0 Å². The number of nitrogens with one attached hydrogen (secondary N) is 2. The minimum absolute atomic E-state index is 0.0852. The third-order valence-corrected chi connectivity index (χ3v) is 3.63. The van der Waals surface area contributed by atoms with E-state index in [-0.39, 0.29) is 28.0 Å². The lowest BCUT2D eigenvalue weighted by molar-refractivity contribution is 0.0887. The van der Waals surface area contributed by atoms with E-state index in [9.17, 15) is 4.79 Å². The summed E-state index contributed by atoms with van der Waals surface area (Å²) in [7, 11) is 0. The molecule has 0 saturated carbocycles. The van der Waals surface area contributed by atoms with Gasteiger partial charge in [-0.15, -0.1) is 0 Å². The third-order valence-electron chi connectivity index (χ3n) is 3.40. The van der Waals surface area contributed by atoms with Gasteiger partial charge >= 0.3 is 0 Å². The average Bonchev–Trinajstić information content (AvgIpc) is 2.34. The van der Waals surface area contributed by atoms with Crippen LogP contribution in [0.2, 0.25) is 5.02 Å². The first-order valence-corrected chi connectivity index (χ1v) is 7.95. The van der Waals surface area contributed by atoms with Crippen molar-refractivity contribution < 1.29 is 9.21 Å². The number of hydrogen-bond acceptors (Lipinski definition) is 3. The lowest BCUT2D eigenvalue weighted by Gasteiger charge is -2.33. The molecule has 1 aromatic carbocycles. The number of halogens is 1. The van der Waals surface area contributed by atoms with Crippen LogP contribution in [-0.4, -0.2) is 11.4 Å². The summed E-state index contributed by atoms with van der Waals surface area (Å²) in [6.45, 7) is 10.3. The van der Waals surface area contributed by atoms with Crippen LogP contribution in [0.3, 0.4) is 0 Å². The van der Waals surface area contributed by atoms with Crippen molar-refractivity contribution in [2.75, 3.05) is 0 Å². The van der Waals surface area contributed by atoms with E-state index < -0.39 is 0 Å². The van der Waals surface area contributed by atoms with Crippen molar-refractivity contribution in [3.8, 4) is 0 Å². The summed E-state index contributed by atoms with van der Waals surface area (Å²) in [6.07, 6.45) is 0.815. The maximum atomic E-state index is 12.6. The highest BCUT2D eigenvalue weighted by atomic mass is 35.5. The molecule has 0 aliphatic carbocycles. The van der Waals surface area contributed by atoms with Crippen LogP contribution < -0.4 is 10.9 Å². The first-order chi connectivity index (χ1) is 10.5. The number of amides is 1. The van der Waals surface area contributed by atoms with Crippen LogP contribution in [0, 0.1) is 10.8 Å². The number of rotatable bonds is 3. The number of benzene rings is 1. The van der Waals surface area contributed by atoms with Crippen LogP contribution in [0.5, 0.6) is 0 Å². The van der Waals surface area contributed by atoms with Gasteiger partial charge in [-0.2, -0.15) is 0 Å². The molecular weight excluding hydrogens is 312 g/mol. The van der Waals surface area contributed by atoms with Crippen LogP contribution in [0.1, 0.15) is 51.4 Å². The second-order valence-electron chi connectivity index (χ2n) is 7.75. The van der Waals surface area contributed by atoms with Gasteiger partial charge in [0.25, 0.3) is 5.91 Å². The molecule has 0 saturated heterocycles. The Bertz CT molecular complexity index is 801. The molecule has 0 atom stereocenters. The predicted molar refractivity (Wildman–Crippen MR) is 92.7 cm³/mol. The van der Waals surface area contributed by atoms with Gasteiger partial charge in [0.1, 0.15) is 11.1 Å². The zero-order chi connectivity index (χ0) is 17.4. The standard InChI is InChI=1S/C18H23ClN2O2/c1-17(2,3)10-18(4,5)21-16(22)13-9-11-8-12(19)6-7-14(11)23-15(13)20/h6-9,20H,10H2,1-5H3,(H,21,22). The van der Waals surface area contributed by atoms with Crippen LogP contribution >= 0.6 is 11.6 Å². The summed E-state index contributed by atoms with van der Waals surface area (Å²) in [4.78, 5) is 12.6. The smallest absolute Gasteiger partial charge is 0.257 e. The van der Waals surface area contributed by atoms with Crippen LogP contribution in [0.15, 0.2) is 28.7 Å². The molecule has 2 rings (SSSR count). The van der Waals surface area contributed by atoms with Crippen molar-refractivity contribution in [3.05, 3.63) is 40.4 Å². The van der Waals surface area contributed by atoms with Crippen molar-refractivity contribution >= 4 is 28.5 Å². The molecule has 0 aliphatic heterocycles. The fourth-order valence-corrected chi connectivity index (χ4v) is 3.20. The second kappa shape index (κ2) is 6.00. The second-order valence-corrected chi connectivity index (χ2v) is 8.18. The van der Waals surface area contributed by atoms with E-state index in [1.807, 2.05) is 13.8 Å². The first-order valence-electron chi connectivity index (χ1n) is 7.57. The Morgan fingerprint density at radius 2 is 1.87 bits per heavy atom. The highest BCUT2D eigenvalue weighted by molar-refractivity contribution is 6.31. The van der Waals surface area contributed by atoms with Gasteiger partial charge in [0.15, 0.2) is 0 Å². The van der Waals surface area contributed by atoms with E-state index in [1.165, 1.54) is 0 Å². The summed E-state index contributed by atoms with van der Waals surface area (Å²) in [5, 5.41) is 12.2. The predicted octanol–water partition coefficient (Wildman–Crippen LogP) is 4.51. The third kappa shape index (κ3) is 4.58. The Kier molecular flexibility index (Phi) is 4.58. The minimum Gasteiger partial charge on any atom is -0.438 e. The minimum atomic E-state index is -0.384. The van der Waals surface area contributed by atoms with Crippen molar-refractivity contribution in [2.24, 2.45) is 5.41 Å². The molecule has 1 aromatic heterocycles. The van der Waals surface area contributed by atoms with Crippen LogP contribution in [0.4, 0.5) is 0 Å². The molecule has 124 valence electrons. The van der Waals surface area contributed by atoms with Gasteiger partial charge in [-0.05, 0) is 49.9 Å². The summed E-state index contributed by atoms with van der Waals surface area (Å²) in [5.74, 6) is -0.310. The molecule has 0 radical (unpaired) electrons. The monoisotopic (exact) mass is 334 g/mol. The quantitative estimate of drug-likeness (QED) is 0.867. The van der Waals surface area contributed by atoms with Gasteiger partial charge in [0, 0.05) is 15.9 Å². The molecule has 1 heterocycles. The zero-order valence-electron chi connectivity index (χ0n) is 14.2.